The van der Waals surface area contributed by atoms with Crippen molar-refractivity contribution in [2.75, 3.05) is 18.0 Å². The zero-order valence-corrected chi connectivity index (χ0v) is 14.5. The van der Waals surface area contributed by atoms with E-state index in [1.807, 2.05) is 48.7 Å². The van der Waals surface area contributed by atoms with Crippen LogP contribution in [0.2, 0.25) is 0 Å². The summed E-state index contributed by atoms with van der Waals surface area (Å²) in [4.78, 5) is 29.7. The Morgan fingerprint density at radius 1 is 1.08 bits per heavy atom. The molecule has 2 amide bonds. The van der Waals surface area contributed by atoms with Crippen LogP contribution in [0.3, 0.4) is 0 Å². The summed E-state index contributed by atoms with van der Waals surface area (Å²) in [6.07, 6.45) is 4.46. The molecule has 5 heteroatoms. The van der Waals surface area contributed by atoms with Crippen molar-refractivity contribution in [3.05, 3.63) is 65.9 Å². The molecule has 0 spiro atoms. The van der Waals surface area contributed by atoms with Crippen molar-refractivity contribution < 1.29 is 9.59 Å². The van der Waals surface area contributed by atoms with E-state index < -0.39 is 11.8 Å². The molecule has 2 aromatic carbocycles. The maximum Gasteiger partial charge on any atom is 0.316 e. The van der Waals surface area contributed by atoms with Gasteiger partial charge >= 0.3 is 11.8 Å². The van der Waals surface area contributed by atoms with E-state index in [1.54, 1.807) is 4.90 Å². The van der Waals surface area contributed by atoms with Gasteiger partial charge in [0.05, 0.1) is 0 Å². The zero-order chi connectivity index (χ0) is 17.9. The predicted octanol–water partition coefficient (Wildman–Crippen LogP) is 2.81. The summed E-state index contributed by atoms with van der Waals surface area (Å²) in [5.41, 5.74) is 4.20. The largest absolute Gasteiger partial charge is 0.361 e. The second kappa shape index (κ2) is 7.04. The highest BCUT2D eigenvalue weighted by molar-refractivity contribution is 6.40. The molecular formula is C21H21N3O2. The number of H-pyrrole nitrogens is 1. The summed E-state index contributed by atoms with van der Waals surface area (Å²) < 4.78 is 0. The summed E-state index contributed by atoms with van der Waals surface area (Å²) in [6.45, 7) is 1.02. The van der Waals surface area contributed by atoms with Crippen molar-refractivity contribution in [1.29, 1.82) is 0 Å². The smallest absolute Gasteiger partial charge is 0.316 e. The van der Waals surface area contributed by atoms with E-state index in [-0.39, 0.29) is 0 Å². The van der Waals surface area contributed by atoms with E-state index in [9.17, 15) is 9.59 Å². The molecule has 26 heavy (non-hydrogen) atoms. The van der Waals surface area contributed by atoms with Gasteiger partial charge in [-0.3, -0.25) is 9.59 Å². The fourth-order valence-electron chi connectivity index (χ4n) is 3.59. The minimum Gasteiger partial charge on any atom is -0.361 e. The summed E-state index contributed by atoms with van der Waals surface area (Å²) in [5, 5.41) is 3.92. The van der Waals surface area contributed by atoms with Crippen LogP contribution in [0.4, 0.5) is 5.69 Å². The van der Waals surface area contributed by atoms with Crippen molar-refractivity contribution >= 4 is 28.4 Å². The number of amides is 2. The van der Waals surface area contributed by atoms with Gasteiger partial charge in [-0.05, 0) is 42.5 Å². The quantitative estimate of drug-likeness (QED) is 0.716. The Balaban J connectivity index is 1.39. The summed E-state index contributed by atoms with van der Waals surface area (Å²) in [7, 11) is 0. The third-order valence-corrected chi connectivity index (χ3v) is 4.90. The highest BCUT2D eigenvalue weighted by Crippen LogP contribution is 2.26. The molecule has 0 saturated carbocycles. The Morgan fingerprint density at radius 2 is 1.88 bits per heavy atom. The minimum absolute atomic E-state index is 0.432. The maximum atomic E-state index is 12.6. The van der Waals surface area contributed by atoms with Gasteiger partial charge in [0, 0.05) is 35.9 Å². The van der Waals surface area contributed by atoms with Crippen molar-refractivity contribution in [2.45, 2.75) is 19.3 Å². The number of para-hydroxylation sites is 2. The van der Waals surface area contributed by atoms with E-state index in [4.69, 9.17) is 0 Å². The van der Waals surface area contributed by atoms with Crippen LogP contribution in [0.25, 0.3) is 10.9 Å². The molecule has 0 radical (unpaired) electrons. The number of aryl methyl sites for hydroxylation is 1. The van der Waals surface area contributed by atoms with Crippen molar-refractivity contribution in [3.63, 3.8) is 0 Å². The fourth-order valence-corrected chi connectivity index (χ4v) is 3.59. The third kappa shape index (κ3) is 3.08. The highest BCUT2D eigenvalue weighted by atomic mass is 16.2. The van der Waals surface area contributed by atoms with Gasteiger partial charge in [-0.25, -0.2) is 0 Å². The number of carbonyl (C=O) groups excluding carboxylic acids is 2. The van der Waals surface area contributed by atoms with Crippen LogP contribution in [0.15, 0.2) is 54.7 Å². The van der Waals surface area contributed by atoms with Gasteiger partial charge in [-0.15, -0.1) is 0 Å². The Labute approximate surface area is 152 Å². The molecule has 0 atom stereocenters. The summed E-state index contributed by atoms with van der Waals surface area (Å²) >= 11 is 0. The van der Waals surface area contributed by atoms with Crippen LogP contribution in [0, 0.1) is 0 Å². The lowest BCUT2D eigenvalue weighted by Crippen LogP contribution is -2.45. The van der Waals surface area contributed by atoms with E-state index in [0.29, 0.717) is 19.5 Å². The lowest BCUT2D eigenvalue weighted by Gasteiger charge is -2.28. The van der Waals surface area contributed by atoms with Crippen molar-refractivity contribution in [2.24, 2.45) is 0 Å². The maximum absolute atomic E-state index is 12.6. The molecule has 0 saturated heterocycles. The molecule has 4 rings (SSSR count). The molecule has 5 nitrogen and oxygen atoms in total. The van der Waals surface area contributed by atoms with Crippen LogP contribution in [0.1, 0.15) is 17.5 Å². The second-order valence-electron chi connectivity index (χ2n) is 6.55. The third-order valence-electron chi connectivity index (χ3n) is 4.90. The lowest BCUT2D eigenvalue weighted by atomic mass is 10.0. The number of benzene rings is 2. The van der Waals surface area contributed by atoms with Crippen LogP contribution < -0.4 is 10.2 Å². The first-order valence-electron chi connectivity index (χ1n) is 8.96. The molecule has 0 unspecified atom stereocenters. The number of carbonyl (C=O) groups is 2. The van der Waals surface area contributed by atoms with Crippen molar-refractivity contribution in [1.82, 2.24) is 10.3 Å². The number of rotatable bonds is 3. The number of fused-ring (bicyclic) bond motifs is 2. The first-order chi connectivity index (χ1) is 12.7. The number of hydrogen-bond acceptors (Lipinski definition) is 2. The second-order valence-corrected chi connectivity index (χ2v) is 6.55. The Morgan fingerprint density at radius 3 is 2.81 bits per heavy atom. The molecule has 0 aliphatic carbocycles. The van der Waals surface area contributed by atoms with Gasteiger partial charge in [0.1, 0.15) is 0 Å². The fraction of sp³-hybridized carbons (Fsp3) is 0.238. The monoisotopic (exact) mass is 347 g/mol. The van der Waals surface area contributed by atoms with E-state index >= 15 is 0 Å². The first-order valence-corrected chi connectivity index (χ1v) is 8.96. The minimum atomic E-state index is -0.540. The average molecular weight is 347 g/mol. The van der Waals surface area contributed by atoms with Crippen LogP contribution in [-0.2, 0) is 22.4 Å². The molecule has 1 aromatic heterocycles. The molecule has 1 aliphatic heterocycles. The Bertz CT molecular complexity index is 961. The molecule has 132 valence electrons. The normalized spacial score (nSPS) is 13.5. The topological polar surface area (TPSA) is 65.2 Å². The number of anilines is 1. The van der Waals surface area contributed by atoms with Gasteiger partial charge in [-0.1, -0.05) is 36.4 Å². The number of nitrogens with zero attached hydrogens (tertiary/aromatic N) is 1. The standard InChI is InChI=1S/C21H21N3O2/c25-20(21(26)24-13-5-7-15-6-1-4-10-19(15)24)22-12-11-16-14-23-18-9-3-2-8-17(16)18/h1-4,6,8-10,14,23H,5,7,11-13H2,(H,22,25). The van der Waals surface area contributed by atoms with Crippen LogP contribution >= 0.6 is 0 Å². The molecule has 0 fully saturated rings. The van der Waals surface area contributed by atoms with E-state index in [0.717, 1.165) is 40.6 Å². The number of aromatic amines is 1. The molecule has 0 bridgehead atoms. The highest BCUT2D eigenvalue weighted by Gasteiger charge is 2.26. The molecule has 3 aromatic rings. The Hall–Kier alpha value is -3.08. The van der Waals surface area contributed by atoms with E-state index in [2.05, 4.69) is 16.4 Å². The first kappa shape index (κ1) is 16.4. The number of aromatic nitrogens is 1. The number of hydrogen-bond donors (Lipinski definition) is 2. The Kier molecular flexibility index (Phi) is 4.44. The molecular weight excluding hydrogens is 326 g/mol. The van der Waals surface area contributed by atoms with Crippen LogP contribution in [0.5, 0.6) is 0 Å². The van der Waals surface area contributed by atoms with Gasteiger partial charge in [-0.2, -0.15) is 0 Å². The molecule has 2 N–H and O–H groups in total. The average Bonchev–Trinajstić information content (AvgIpc) is 3.10. The van der Waals surface area contributed by atoms with Gasteiger partial charge in [0.15, 0.2) is 0 Å². The van der Waals surface area contributed by atoms with Gasteiger partial charge < -0.3 is 15.2 Å². The molecule has 1 aliphatic rings. The molecule has 2 heterocycles. The summed E-state index contributed by atoms with van der Waals surface area (Å²) in [5.74, 6) is -1.02. The summed E-state index contributed by atoms with van der Waals surface area (Å²) in [6, 6.07) is 15.9. The van der Waals surface area contributed by atoms with Crippen molar-refractivity contribution in [3.8, 4) is 0 Å². The number of nitrogens with one attached hydrogen (secondary N) is 2. The lowest BCUT2D eigenvalue weighted by molar-refractivity contribution is -0.137. The van der Waals surface area contributed by atoms with E-state index in [1.165, 1.54) is 0 Å². The SMILES string of the molecule is O=C(NCCc1c[nH]c2ccccc12)C(=O)N1CCCc2ccccc21. The zero-order valence-electron chi connectivity index (χ0n) is 14.5. The van der Waals surface area contributed by atoms with Crippen LogP contribution in [-0.4, -0.2) is 29.9 Å². The van der Waals surface area contributed by atoms with Gasteiger partial charge in [0.25, 0.3) is 0 Å². The van der Waals surface area contributed by atoms with Gasteiger partial charge in [0.2, 0.25) is 0 Å². The predicted molar refractivity (Wildman–Crippen MR) is 102 cm³/mol.